The third kappa shape index (κ3) is 5.70. The Kier molecular flexibility index (Phi) is 8.11. The minimum atomic E-state index is 0.111. The largest absolute Gasteiger partial charge is 0.352 e. The van der Waals surface area contributed by atoms with Crippen molar-refractivity contribution in [3.8, 4) is 0 Å². The van der Waals surface area contributed by atoms with Crippen LogP contribution in [0, 0.1) is 29.6 Å². The predicted octanol–water partition coefficient (Wildman–Crippen LogP) is 6.58. The first kappa shape index (κ1) is 19.7. The van der Waals surface area contributed by atoms with Crippen molar-refractivity contribution in [1.82, 2.24) is 0 Å². The van der Waals surface area contributed by atoms with Crippen LogP contribution in [-0.4, -0.2) is 19.5 Å². The number of ether oxygens (including phenoxy) is 2. The molecule has 0 aromatic carbocycles. The second-order valence-corrected chi connectivity index (χ2v) is 9.29. The van der Waals surface area contributed by atoms with E-state index in [1.54, 1.807) is 0 Å². The van der Waals surface area contributed by atoms with E-state index >= 15 is 0 Å². The summed E-state index contributed by atoms with van der Waals surface area (Å²) in [6, 6.07) is 0. The molecular formula is C23H42O2. The lowest BCUT2D eigenvalue weighted by Crippen LogP contribution is -2.41. The van der Waals surface area contributed by atoms with Crippen LogP contribution in [0.1, 0.15) is 97.3 Å². The van der Waals surface area contributed by atoms with Gasteiger partial charge in [0.2, 0.25) is 0 Å². The van der Waals surface area contributed by atoms with Crippen molar-refractivity contribution < 1.29 is 9.47 Å². The lowest BCUT2D eigenvalue weighted by Gasteiger charge is -2.41. The molecule has 25 heavy (non-hydrogen) atoms. The molecule has 2 heteroatoms. The lowest BCUT2D eigenvalue weighted by molar-refractivity contribution is -0.237. The summed E-state index contributed by atoms with van der Waals surface area (Å²) in [4.78, 5) is 0. The molecule has 0 radical (unpaired) electrons. The average Bonchev–Trinajstić information content (AvgIpc) is 2.68. The van der Waals surface area contributed by atoms with Crippen molar-refractivity contribution in [2.24, 2.45) is 29.6 Å². The van der Waals surface area contributed by atoms with Gasteiger partial charge in [-0.05, 0) is 56.3 Å². The summed E-state index contributed by atoms with van der Waals surface area (Å²) in [7, 11) is 0. The molecule has 2 saturated carbocycles. The van der Waals surface area contributed by atoms with Gasteiger partial charge in [0.25, 0.3) is 0 Å². The Hall–Kier alpha value is -0.0800. The van der Waals surface area contributed by atoms with Crippen LogP contribution in [0.15, 0.2) is 0 Å². The molecule has 0 atom stereocenters. The van der Waals surface area contributed by atoms with E-state index in [0.717, 1.165) is 31.0 Å². The fraction of sp³-hybridized carbons (Fsp3) is 1.00. The fourth-order valence-electron chi connectivity index (χ4n) is 5.68. The Morgan fingerprint density at radius 3 is 1.72 bits per heavy atom. The molecule has 2 aliphatic carbocycles. The average molecular weight is 351 g/mol. The van der Waals surface area contributed by atoms with Crippen LogP contribution in [0.2, 0.25) is 0 Å². The molecule has 0 aromatic rings. The number of hydrogen-bond donors (Lipinski definition) is 0. The molecule has 1 saturated heterocycles. The quantitative estimate of drug-likeness (QED) is 0.516. The van der Waals surface area contributed by atoms with E-state index in [2.05, 4.69) is 13.8 Å². The molecule has 0 aromatic heterocycles. The molecule has 3 aliphatic rings. The van der Waals surface area contributed by atoms with E-state index in [4.69, 9.17) is 9.47 Å². The molecule has 0 amide bonds. The van der Waals surface area contributed by atoms with E-state index in [1.165, 1.54) is 83.5 Å². The summed E-state index contributed by atoms with van der Waals surface area (Å²) in [5, 5.41) is 0. The van der Waals surface area contributed by atoms with E-state index in [9.17, 15) is 0 Å². The van der Waals surface area contributed by atoms with Gasteiger partial charge in [0.1, 0.15) is 0 Å². The Bertz CT molecular complexity index is 345. The fourth-order valence-corrected chi connectivity index (χ4v) is 5.68. The van der Waals surface area contributed by atoms with Crippen molar-refractivity contribution in [3.05, 3.63) is 0 Å². The van der Waals surface area contributed by atoms with E-state index in [0.29, 0.717) is 11.8 Å². The molecule has 1 heterocycles. The topological polar surface area (TPSA) is 18.5 Å². The van der Waals surface area contributed by atoms with E-state index < -0.39 is 0 Å². The molecule has 2 nitrogen and oxygen atoms in total. The van der Waals surface area contributed by atoms with Gasteiger partial charge in [-0.3, -0.25) is 0 Å². The zero-order chi connectivity index (χ0) is 17.5. The predicted molar refractivity (Wildman–Crippen MR) is 105 cm³/mol. The van der Waals surface area contributed by atoms with Crippen molar-refractivity contribution in [2.75, 3.05) is 13.2 Å². The van der Waals surface area contributed by atoms with E-state index in [-0.39, 0.29) is 6.29 Å². The Balaban J connectivity index is 1.34. The van der Waals surface area contributed by atoms with Gasteiger partial charge in [-0.25, -0.2) is 0 Å². The number of hydrogen-bond acceptors (Lipinski definition) is 2. The first-order chi connectivity index (χ1) is 12.3. The van der Waals surface area contributed by atoms with Crippen LogP contribution in [0.4, 0.5) is 0 Å². The molecule has 3 rings (SSSR count). The maximum atomic E-state index is 6.25. The minimum absolute atomic E-state index is 0.111. The number of unbranched alkanes of at least 4 members (excludes halogenated alkanes) is 1. The Labute approximate surface area is 156 Å². The highest BCUT2D eigenvalue weighted by Crippen LogP contribution is 2.40. The maximum absolute atomic E-state index is 6.25. The SMILES string of the molecule is CCCCC1CCC(C2COC(C3CCC(CCC)CC3)OC2)CC1. The van der Waals surface area contributed by atoms with Gasteiger partial charge in [-0.1, -0.05) is 58.8 Å². The lowest BCUT2D eigenvalue weighted by atomic mass is 9.74. The van der Waals surface area contributed by atoms with Crippen LogP contribution < -0.4 is 0 Å². The highest BCUT2D eigenvalue weighted by Gasteiger charge is 2.35. The van der Waals surface area contributed by atoms with Gasteiger partial charge in [-0.15, -0.1) is 0 Å². The molecule has 3 fully saturated rings. The van der Waals surface area contributed by atoms with Gasteiger partial charge < -0.3 is 9.47 Å². The molecule has 0 spiro atoms. The van der Waals surface area contributed by atoms with E-state index in [1.807, 2.05) is 0 Å². The molecule has 146 valence electrons. The van der Waals surface area contributed by atoms with Crippen molar-refractivity contribution in [3.63, 3.8) is 0 Å². The minimum Gasteiger partial charge on any atom is -0.352 e. The molecular weight excluding hydrogens is 308 g/mol. The zero-order valence-corrected chi connectivity index (χ0v) is 16.9. The van der Waals surface area contributed by atoms with Crippen LogP contribution in [0.5, 0.6) is 0 Å². The summed E-state index contributed by atoms with van der Waals surface area (Å²) in [5.41, 5.74) is 0. The molecule has 0 N–H and O–H groups in total. The maximum Gasteiger partial charge on any atom is 0.160 e. The number of rotatable bonds is 7. The van der Waals surface area contributed by atoms with Crippen LogP contribution in [-0.2, 0) is 9.47 Å². The van der Waals surface area contributed by atoms with Crippen molar-refractivity contribution >= 4 is 0 Å². The van der Waals surface area contributed by atoms with Gasteiger partial charge in [0.05, 0.1) is 13.2 Å². The Morgan fingerprint density at radius 2 is 1.16 bits per heavy atom. The van der Waals surface area contributed by atoms with Gasteiger partial charge in [0, 0.05) is 11.8 Å². The highest BCUT2D eigenvalue weighted by atomic mass is 16.7. The smallest absolute Gasteiger partial charge is 0.160 e. The second kappa shape index (κ2) is 10.3. The second-order valence-electron chi connectivity index (χ2n) is 9.29. The molecule has 1 aliphatic heterocycles. The van der Waals surface area contributed by atoms with Crippen LogP contribution in [0.25, 0.3) is 0 Å². The summed E-state index contributed by atoms with van der Waals surface area (Å²) < 4.78 is 12.5. The third-order valence-electron chi connectivity index (χ3n) is 7.45. The highest BCUT2D eigenvalue weighted by molar-refractivity contribution is 4.81. The van der Waals surface area contributed by atoms with Crippen LogP contribution >= 0.6 is 0 Å². The van der Waals surface area contributed by atoms with Crippen LogP contribution in [0.3, 0.4) is 0 Å². The molecule has 0 bridgehead atoms. The normalized spacial score (nSPS) is 40.1. The van der Waals surface area contributed by atoms with Crippen molar-refractivity contribution in [1.29, 1.82) is 0 Å². The molecule has 0 unspecified atom stereocenters. The Morgan fingerprint density at radius 1 is 0.600 bits per heavy atom. The van der Waals surface area contributed by atoms with Gasteiger partial charge in [-0.2, -0.15) is 0 Å². The first-order valence-electron chi connectivity index (χ1n) is 11.5. The summed E-state index contributed by atoms with van der Waals surface area (Å²) in [5.74, 6) is 4.17. The first-order valence-corrected chi connectivity index (χ1v) is 11.5. The third-order valence-corrected chi connectivity index (χ3v) is 7.45. The van der Waals surface area contributed by atoms with Gasteiger partial charge >= 0.3 is 0 Å². The van der Waals surface area contributed by atoms with Gasteiger partial charge in [0.15, 0.2) is 6.29 Å². The monoisotopic (exact) mass is 350 g/mol. The zero-order valence-electron chi connectivity index (χ0n) is 16.9. The summed E-state index contributed by atoms with van der Waals surface area (Å²) in [6.45, 7) is 6.56. The summed E-state index contributed by atoms with van der Waals surface area (Å²) >= 11 is 0. The van der Waals surface area contributed by atoms with Crippen molar-refractivity contribution in [2.45, 2.75) is 104 Å². The summed E-state index contributed by atoms with van der Waals surface area (Å²) in [6.07, 6.45) is 18.3. The standard InChI is InChI=1S/C23H42O2/c1-3-5-7-19-8-12-20(13-9-19)22-16-24-23(25-17-22)21-14-10-18(6-4-2)11-15-21/h18-23H,3-17H2,1-2H3.